The molecule has 1 atom stereocenters. The summed E-state index contributed by atoms with van der Waals surface area (Å²) in [6.45, 7) is 3.86. The van der Waals surface area contributed by atoms with Gasteiger partial charge in [0.1, 0.15) is 5.82 Å². The Labute approximate surface area is 169 Å². The van der Waals surface area contributed by atoms with Crippen molar-refractivity contribution in [3.05, 3.63) is 95.5 Å². The van der Waals surface area contributed by atoms with E-state index in [1.807, 2.05) is 50.3 Å². The molecule has 0 aromatic heterocycles. The molecule has 2 rings (SSSR count). The fraction of sp³-hybridized carbons (Fsp3) is 0.292. The maximum absolute atomic E-state index is 14.1. The van der Waals surface area contributed by atoms with Crippen molar-refractivity contribution >= 4 is 5.71 Å². The van der Waals surface area contributed by atoms with E-state index >= 15 is 0 Å². The summed E-state index contributed by atoms with van der Waals surface area (Å²) in [6.07, 6.45) is 4.75. The van der Waals surface area contributed by atoms with E-state index in [1.165, 1.54) is 0 Å². The first kappa shape index (κ1) is 22.6. The predicted octanol–water partition coefficient (Wildman–Crippen LogP) is 7.50. The van der Waals surface area contributed by atoms with Crippen molar-refractivity contribution in [1.29, 1.82) is 0 Å². The van der Waals surface area contributed by atoms with Gasteiger partial charge in [-0.05, 0) is 55.2 Å². The molecule has 0 saturated heterocycles. The number of unbranched alkanes of at least 4 members (excludes halogenated alkanes) is 1. The average molecular weight is 403 g/mol. The van der Waals surface area contributed by atoms with Crippen molar-refractivity contribution in [3.8, 4) is 0 Å². The second-order valence-electron chi connectivity index (χ2n) is 6.74. The molecule has 1 nitrogen and oxygen atoms in total. The number of alkyl halides is 3. The largest absolute Gasteiger partial charge is 0.416 e. The monoisotopic (exact) mass is 403 g/mol. The van der Waals surface area contributed by atoms with Crippen molar-refractivity contribution in [1.82, 2.24) is 0 Å². The molecule has 0 bridgehead atoms. The molecule has 0 saturated carbocycles. The van der Waals surface area contributed by atoms with Crippen LogP contribution in [0, 0.1) is 5.82 Å². The summed E-state index contributed by atoms with van der Waals surface area (Å²) in [5.74, 6) is -1.43. The zero-order chi connectivity index (χ0) is 21.3. The van der Waals surface area contributed by atoms with Crippen LogP contribution in [0.25, 0.3) is 0 Å². The highest BCUT2D eigenvalue weighted by atomic mass is 19.4. The molecule has 0 N–H and O–H groups in total. The first-order valence-electron chi connectivity index (χ1n) is 9.62. The number of aliphatic imine (C=N–C) groups is 1. The van der Waals surface area contributed by atoms with Gasteiger partial charge in [-0.1, -0.05) is 55.8 Å². The normalized spacial score (nSPS) is 14.1. The number of allylic oxidation sites excluding steroid dienone is 3. The SMILES string of the molecule is C\C=C/C(=N/C=C/CCC)C(Cc1ccccc1)c1cc(F)cc(C(F)(F)F)c1. The van der Waals surface area contributed by atoms with Crippen molar-refractivity contribution in [3.63, 3.8) is 0 Å². The van der Waals surface area contributed by atoms with Gasteiger partial charge in [0.05, 0.1) is 5.56 Å². The molecule has 29 heavy (non-hydrogen) atoms. The van der Waals surface area contributed by atoms with E-state index in [1.54, 1.807) is 18.4 Å². The van der Waals surface area contributed by atoms with Crippen LogP contribution < -0.4 is 0 Å². The number of hydrogen-bond donors (Lipinski definition) is 0. The van der Waals surface area contributed by atoms with Crippen molar-refractivity contribution in [2.75, 3.05) is 0 Å². The highest BCUT2D eigenvalue weighted by molar-refractivity contribution is 6.00. The molecule has 0 fully saturated rings. The molecule has 2 aromatic carbocycles. The van der Waals surface area contributed by atoms with Gasteiger partial charge in [0.15, 0.2) is 0 Å². The van der Waals surface area contributed by atoms with Gasteiger partial charge >= 0.3 is 6.18 Å². The lowest BCUT2D eigenvalue weighted by Gasteiger charge is -2.20. The van der Waals surface area contributed by atoms with E-state index in [0.29, 0.717) is 18.2 Å². The molecular formula is C24H25F4N. The summed E-state index contributed by atoms with van der Waals surface area (Å²) >= 11 is 0. The molecule has 5 heteroatoms. The van der Waals surface area contributed by atoms with Gasteiger partial charge in [-0.25, -0.2) is 4.39 Å². The van der Waals surface area contributed by atoms with E-state index in [4.69, 9.17) is 0 Å². The van der Waals surface area contributed by atoms with Crippen LogP contribution in [0.4, 0.5) is 17.6 Å². The Kier molecular flexibility index (Phi) is 8.37. The topological polar surface area (TPSA) is 12.4 Å². The number of nitrogens with zero attached hydrogens (tertiary/aromatic N) is 1. The Morgan fingerprint density at radius 1 is 1.10 bits per heavy atom. The van der Waals surface area contributed by atoms with Crippen LogP contribution >= 0.6 is 0 Å². The van der Waals surface area contributed by atoms with E-state index < -0.39 is 23.5 Å². The molecular weight excluding hydrogens is 378 g/mol. The second kappa shape index (κ2) is 10.7. The van der Waals surface area contributed by atoms with E-state index in [9.17, 15) is 17.6 Å². The Morgan fingerprint density at radius 2 is 1.83 bits per heavy atom. The van der Waals surface area contributed by atoms with Crippen LogP contribution in [-0.4, -0.2) is 5.71 Å². The Morgan fingerprint density at radius 3 is 2.45 bits per heavy atom. The lowest BCUT2D eigenvalue weighted by Crippen LogP contribution is -2.16. The second-order valence-corrected chi connectivity index (χ2v) is 6.74. The third kappa shape index (κ3) is 7.00. The molecule has 0 radical (unpaired) electrons. The quantitative estimate of drug-likeness (QED) is 0.320. The molecule has 0 spiro atoms. The minimum Gasteiger partial charge on any atom is -0.261 e. The summed E-state index contributed by atoms with van der Waals surface area (Å²) in [5.41, 5.74) is 0.779. The summed E-state index contributed by atoms with van der Waals surface area (Å²) in [5, 5.41) is 0. The Hall–Kier alpha value is -2.69. The summed E-state index contributed by atoms with van der Waals surface area (Å²) in [6, 6.07) is 12.1. The maximum atomic E-state index is 14.1. The van der Waals surface area contributed by atoms with Gasteiger partial charge in [-0.15, -0.1) is 0 Å². The van der Waals surface area contributed by atoms with Gasteiger partial charge in [0.25, 0.3) is 0 Å². The lowest BCUT2D eigenvalue weighted by atomic mass is 9.86. The first-order chi connectivity index (χ1) is 13.8. The summed E-state index contributed by atoms with van der Waals surface area (Å²) in [4.78, 5) is 4.49. The first-order valence-corrected chi connectivity index (χ1v) is 9.62. The molecule has 0 heterocycles. The Balaban J connectivity index is 2.56. The molecule has 0 aliphatic rings. The zero-order valence-corrected chi connectivity index (χ0v) is 16.6. The van der Waals surface area contributed by atoms with Gasteiger partial charge in [-0.2, -0.15) is 13.2 Å². The summed E-state index contributed by atoms with van der Waals surface area (Å²) in [7, 11) is 0. The standard InChI is InChI=1S/C24H25F4N/c1-3-5-9-13-29-23(10-4-2)22(14-18-11-7-6-8-12-18)19-15-20(24(26,27)28)17-21(25)16-19/h4,6-13,15-17,22H,3,5,14H2,1-2H3/b10-4-,13-9+,29-23-. The molecule has 1 unspecified atom stereocenters. The van der Waals surface area contributed by atoms with Gasteiger partial charge in [0, 0.05) is 17.8 Å². The van der Waals surface area contributed by atoms with Crippen LogP contribution in [0.3, 0.4) is 0 Å². The fourth-order valence-electron chi connectivity index (χ4n) is 3.02. The molecule has 0 amide bonds. The van der Waals surface area contributed by atoms with Crippen LogP contribution in [0.5, 0.6) is 0 Å². The summed E-state index contributed by atoms with van der Waals surface area (Å²) < 4.78 is 53.8. The third-order valence-electron chi connectivity index (χ3n) is 4.41. The smallest absolute Gasteiger partial charge is 0.261 e. The minimum atomic E-state index is -4.62. The Bertz CT molecular complexity index is 864. The highest BCUT2D eigenvalue weighted by Crippen LogP contribution is 2.33. The van der Waals surface area contributed by atoms with Crippen LogP contribution in [0.15, 0.2) is 78.0 Å². The molecule has 0 aliphatic carbocycles. The van der Waals surface area contributed by atoms with Gasteiger partial charge in [-0.3, -0.25) is 4.99 Å². The van der Waals surface area contributed by atoms with E-state index in [0.717, 1.165) is 30.5 Å². The zero-order valence-electron chi connectivity index (χ0n) is 16.6. The lowest BCUT2D eigenvalue weighted by molar-refractivity contribution is -0.137. The van der Waals surface area contributed by atoms with E-state index in [-0.39, 0.29) is 5.56 Å². The maximum Gasteiger partial charge on any atom is 0.416 e. The highest BCUT2D eigenvalue weighted by Gasteiger charge is 2.32. The molecule has 0 aliphatic heterocycles. The number of benzene rings is 2. The van der Waals surface area contributed by atoms with Crippen LogP contribution in [0.1, 0.15) is 49.3 Å². The van der Waals surface area contributed by atoms with Crippen molar-refractivity contribution < 1.29 is 17.6 Å². The molecule has 2 aromatic rings. The molecule has 154 valence electrons. The number of hydrogen-bond acceptors (Lipinski definition) is 1. The number of halogens is 4. The van der Waals surface area contributed by atoms with E-state index in [2.05, 4.69) is 4.99 Å². The minimum absolute atomic E-state index is 0.252. The third-order valence-corrected chi connectivity index (χ3v) is 4.41. The average Bonchev–Trinajstić information content (AvgIpc) is 2.68. The van der Waals surface area contributed by atoms with Gasteiger partial charge in [0.2, 0.25) is 0 Å². The van der Waals surface area contributed by atoms with Crippen LogP contribution in [0.2, 0.25) is 0 Å². The predicted molar refractivity (Wildman–Crippen MR) is 111 cm³/mol. The van der Waals surface area contributed by atoms with Gasteiger partial charge < -0.3 is 0 Å². The number of rotatable bonds is 8. The van der Waals surface area contributed by atoms with Crippen molar-refractivity contribution in [2.24, 2.45) is 4.99 Å². The fourth-order valence-corrected chi connectivity index (χ4v) is 3.02. The van der Waals surface area contributed by atoms with Crippen LogP contribution in [-0.2, 0) is 12.6 Å². The van der Waals surface area contributed by atoms with Crippen molar-refractivity contribution in [2.45, 2.75) is 45.2 Å².